The highest BCUT2D eigenvalue weighted by Crippen LogP contribution is 2.34. The maximum absolute atomic E-state index is 13.5. The summed E-state index contributed by atoms with van der Waals surface area (Å²) in [6.07, 6.45) is 1.91. The molecule has 0 aromatic heterocycles. The Morgan fingerprint density at radius 1 is 1.27 bits per heavy atom. The molecular weight excluding hydrogens is 422 g/mol. The number of nitrogens with two attached hydrogens (primary N) is 1. The van der Waals surface area contributed by atoms with Gasteiger partial charge < -0.3 is 25.7 Å². The Morgan fingerprint density at radius 2 is 1.97 bits per heavy atom. The third kappa shape index (κ3) is 6.12. The number of benzene rings is 1. The lowest BCUT2D eigenvalue weighted by atomic mass is 9.79. The van der Waals surface area contributed by atoms with Gasteiger partial charge in [0.2, 0.25) is 11.8 Å². The minimum Gasteiger partial charge on any atom is -0.481 e. The molecule has 3 rings (SSSR count). The molecule has 2 aliphatic heterocycles. The molecular formula is C25H37N3O5. The summed E-state index contributed by atoms with van der Waals surface area (Å²) >= 11 is 0. The summed E-state index contributed by atoms with van der Waals surface area (Å²) in [6, 6.07) is 7.19. The second kappa shape index (κ2) is 10.2. The van der Waals surface area contributed by atoms with Gasteiger partial charge in [0.15, 0.2) is 0 Å². The highest BCUT2D eigenvalue weighted by atomic mass is 16.4. The molecule has 33 heavy (non-hydrogen) atoms. The molecule has 8 nitrogen and oxygen atoms in total. The smallest absolute Gasteiger partial charge is 0.306 e. The minimum atomic E-state index is -0.967. The molecule has 4 N–H and O–H groups in total. The Morgan fingerprint density at radius 3 is 2.61 bits per heavy atom. The predicted molar refractivity (Wildman–Crippen MR) is 126 cm³/mol. The van der Waals surface area contributed by atoms with Gasteiger partial charge in [-0.05, 0) is 42.7 Å². The SMILES string of the molecule is C[C@H](C[C@H](O)[C@@H](N)CC(C)(C)CC(=O)N1C[C@H](N2CCCC2=O)Cc2ccccc21)C(=O)O. The second-order valence-electron chi connectivity index (χ2n) is 10.4. The van der Waals surface area contributed by atoms with Crippen LogP contribution in [0.4, 0.5) is 5.69 Å². The van der Waals surface area contributed by atoms with E-state index < -0.39 is 29.4 Å². The minimum absolute atomic E-state index is 0.0245. The van der Waals surface area contributed by atoms with Gasteiger partial charge in [0.05, 0.1) is 18.1 Å². The van der Waals surface area contributed by atoms with Crippen LogP contribution in [0, 0.1) is 11.3 Å². The van der Waals surface area contributed by atoms with Gasteiger partial charge in [-0.2, -0.15) is 0 Å². The zero-order valence-corrected chi connectivity index (χ0v) is 19.9. The quantitative estimate of drug-likeness (QED) is 0.520. The molecule has 1 saturated heterocycles. The van der Waals surface area contributed by atoms with Gasteiger partial charge in [-0.15, -0.1) is 0 Å². The molecule has 2 heterocycles. The number of hydrogen-bond donors (Lipinski definition) is 3. The highest BCUT2D eigenvalue weighted by molar-refractivity contribution is 5.95. The molecule has 1 aromatic carbocycles. The first-order chi connectivity index (χ1) is 15.5. The summed E-state index contributed by atoms with van der Waals surface area (Å²) in [5.74, 6) is -1.54. The number of aliphatic hydroxyl groups excluding tert-OH is 1. The summed E-state index contributed by atoms with van der Waals surface area (Å²) < 4.78 is 0. The number of amides is 2. The third-order valence-electron chi connectivity index (χ3n) is 6.91. The first kappa shape index (κ1) is 25.2. The first-order valence-electron chi connectivity index (χ1n) is 11.8. The van der Waals surface area contributed by atoms with Crippen molar-refractivity contribution in [3.8, 4) is 0 Å². The number of carbonyl (C=O) groups is 3. The van der Waals surface area contributed by atoms with Crippen LogP contribution >= 0.6 is 0 Å². The standard InChI is InChI=1S/C25H37N3O5/c1-16(24(32)33)11-21(29)19(26)13-25(2,3)14-23(31)28-15-18(27-10-6-9-22(27)30)12-17-7-4-5-8-20(17)28/h4-5,7-8,16,18-19,21,29H,6,9-15,26H2,1-3H3,(H,32,33)/t16-,18-,19+,21+/m1/s1. The van der Waals surface area contributed by atoms with Gasteiger partial charge in [-0.1, -0.05) is 39.0 Å². The maximum Gasteiger partial charge on any atom is 0.306 e. The Bertz CT molecular complexity index is 887. The number of carbonyl (C=O) groups excluding carboxylic acids is 2. The highest BCUT2D eigenvalue weighted by Gasteiger charge is 2.37. The van der Waals surface area contributed by atoms with Crippen molar-refractivity contribution in [2.24, 2.45) is 17.1 Å². The van der Waals surface area contributed by atoms with Crippen molar-refractivity contribution in [3.05, 3.63) is 29.8 Å². The van der Waals surface area contributed by atoms with Gasteiger partial charge in [0, 0.05) is 37.7 Å². The molecule has 0 spiro atoms. The molecule has 0 aliphatic carbocycles. The molecule has 0 saturated carbocycles. The van der Waals surface area contributed by atoms with Gasteiger partial charge in [0.25, 0.3) is 0 Å². The average molecular weight is 460 g/mol. The molecule has 0 radical (unpaired) electrons. The predicted octanol–water partition coefficient (Wildman–Crippen LogP) is 2.17. The van der Waals surface area contributed by atoms with E-state index in [4.69, 9.17) is 10.8 Å². The topological polar surface area (TPSA) is 124 Å². The lowest BCUT2D eigenvalue weighted by Crippen LogP contribution is -2.51. The molecule has 2 aliphatic rings. The molecule has 0 unspecified atom stereocenters. The molecule has 4 atom stereocenters. The fraction of sp³-hybridized carbons (Fsp3) is 0.640. The van der Waals surface area contributed by atoms with E-state index in [2.05, 4.69) is 0 Å². The Hall–Kier alpha value is -2.45. The largest absolute Gasteiger partial charge is 0.481 e. The van der Waals surface area contributed by atoms with Crippen molar-refractivity contribution in [2.75, 3.05) is 18.0 Å². The lowest BCUT2D eigenvalue weighted by molar-refractivity contribution is -0.142. The van der Waals surface area contributed by atoms with Crippen molar-refractivity contribution in [1.29, 1.82) is 0 Å². The third-order valence-corrected chi connectivity index (χ3v) is 6.91. The van der Waals surface area contributed by atoms with Crippen molar-refractivity contribution >= 4 is 23.5 Å². The first-order valence-corrected chi connectivity index (χ1v) is 11.8. The number of hydrogen-bond acceptors (Lipinski definition) is 5. The van der Waals surface area contributed by atoms with Crippen LogP contribution in [0.25, 0.3) is 0 Å². The number of aliphatic hydroxyl groups is 1. The maximum atomic E-state index is 13.5. The zero-order chi connectivity index (χ0) is 24.3. The van der Waals surface area contributed by atoms with E-state index in [-0.39, 0.29) is 30.7 Å². The van der Waals surface area contributed by atoms with E-state index in [1.165, 1.54) is 0 Å². The number of rotatable bonds is 9. The van der Waals surface area contributed by atoms with E-state index in [0.29, 0.717) is 19.4 Å². The molecule has 1 aromatic rings. The number of para-hydroxylation sites is 1. The Labute approximate surface area is 195 Å². The number of nitrogens with zero attached hydrogens (tertiary/aromatic N) is 2. The number of anilines is 1. The van der Waals surface area contributed by atoms with E-state index in [1.807, 2.05) is 43.0 Å². The van der Waals surface area contributed by atoms with Gasteiger partial charge in [-0.25, -0.2) is 0 Å². The summed E-state index contributed by atoms with van der Waals surface area (Å²) in [4.78, 5) is 40.6. The number of aliphatic carboxylic acids is 1. The second-order valence-corrected chi connectivity index (χ2v) is 10.4. The van der Waals surface area contributed by atoms with Crippen molar-refractivity contribution in [1.82, 2.24) is 4.90 Å². The van der Waals surface area contributed by atoms with E-state index >= 15 is 0 Å². The van der Waals surface area contributed by atoms with E-state index in [9.17, 15) is 19.5 Å². The zero-order valence-electron chi connectivity index (χ0n) is 19.9. The molecule has 182 valence electrons. The lowest BCUT2D eigenvalue weighted by Gasteiger charge is -2.40. The van der Waals surface area contributed by atoms with Gasteiger partial charge in [-0.3, -0.25) is 14.4 Å². The Balaban J connectivity index is 1.69. The van der Waals surface area contributed by atoms with Crippen LogP contribution in [0.5, 0.6) is 0 Å². The number of fused-ring (bicyclic) bond motifs is 1. The summed E-state index contributed by atoms with van der Waals surface area (Å²) in [7, 11) is 0. The van der Waals surface area contributed by atoms with Crippen molar-refractivity contribution in [2.45, 2.75) is 77.5 Å². The number of carboxylic acid groups (broad SMARTS) is 1. The van der Waals surface area contributed by atoms with Crippen LogP contribution in [0.1, 0.15) is 58.4 Å². The summed E-state index contributed by atoms with van der Waals surface area (Å²) in [5.41, 5.74) is 7.65. The normalized spacial score (nSPS) is 21.5. The van der Waals surface area contributed by atoms with Crippen molar-refractivity contribution < 1.29 is 24.6 Å². The monoisotopic (exact) mass is 459 g/mol. The van der Waals surface area contributed by atoms with Crippen LogP contribution in [0.2, 0.25) is 0 Å². The van der Waals surface area contributed by atoms with E-state index in [0.717, 1.165) is 30.6 Å². The van der Waals surface area contributed by atoms with Gasteiger partial charge >= 0.3 is 5.97 Å². The number of carboxylic acids is 1. The molecule has 0 bridgehead atoms. The van der Waals surface area contributed by atoms with E-state index in [1.54, 1.807) is 11.8 Å². The fourth-order valence-electron chi connectivity index (χ4n) is 5.06. The van der Waals surface area contributed by atoms with Crippen LogP contribution in [-0.2, 0) is 20.8 Å². The van der Waals surface area contributed by atoms with Crippen molar-refractivity contribution in [3.63, 3.8) is 0 Å². The van der Waals surface area contributed by atoms with Crippen LogP contribution < -0.4 is 10.6 Å². The number of likely N-dealkylation sites (tertiary alicyclic amines) is 1. The van der Waals surface area contributed by atoms with Crippen LogP contribution in [-0.4, -0.2) is 64.2 Å². The molecule has 2 amide bonds. The Kier molecular flexibility index (Phi) is 7.80. The average Bonchev–Trinajstić information content (AvgIpc) is 3.17. The molecule has 1 fully saturated rings. The van der Waals surface area contributed by atoms with Crippen LogP contribution in [0.3, 0.4) is 0 Å². The molecule has 8 heteroatoms. The fourth-order valence-corrected chi connectivity index (χ4v) is 5.06. The summed E-state index contributed by atoms with van der Waals surface area (Å²) in [6.45, 7) is 6.64. The van der Waals surface area contributed by atoms with Crippen LogP contribution in [0.15, 0.2) is 24.3 Å². The van der Waals surface area contributed by atoms with Gasteiger partial charge in [0.1, 0.15) is 0 Å². The summed E-state index contributed by atoms with van der Waals surface area (Å²) in [5, 5.41) is 19.5.